The van der Waals surface area contributed by atoms with E-state index in [1.165, 1.54) is 10.9 Å². The number of aryl methyl sites for hydroxylation is 1. The number of carbonyl (C=O) groups is 2. The summed E-state index contributed by atoms with van der Waals surface area (Å²) in [4.78, 5) is 26.3. The standard InChI is InChI=1S/C12H13N5O3/c1-8-2-3-13-4-9(8)5-14-11(18)7-17-6-10(12(19)20)15-16-17/h2-4,6H,5,7H2,1H3,(H,14,18)(H,19,20). The Morgan fingerprint density at radius 3 is 2.90 bits per heavy atom. The third-order valence-electron chi connectivity index (χ3n) is 2.69. The highest BCUT2D eigenvalue weighted by atomic mass is 16.4. The van der Waals surface area contributed by atoms with E-state index in [1.807, 2.05) is 13.0 Å². The molecule has 0 radical (unpaired) electrons. The second-order valence-electron chi connectivity index (χ2n) is 4.19. The lowest BCUT2D eigenvalue weighted by atomic mass is 10.1. The van der Waals surface area contributed by atoms with Crippen molar-refractivity contribution in [1.29, 1.82) is 0 Å². The summed E-state index contributed by atoms with van der Waals surface area (Å²) < 4.78 is 1.18. The average Bonchev–Trinajstić information content (AvgIpc) is 2.86. The average molecular weight is 275 g/mol. The first-order valence-electron chi connectivity index (χ1n) is 5.86. The van der Waals surface area contributed by atoms with Gasteiger partial charge in [-0.1, -0.05) is 5.21 Å². The number of aromatic nitrogens is 4. The van der Waals surface area contributed by atoms with Crippen LogP contribution in [-0.2, 0) is 17.9 Å². The first-order valence-corrected chi connectivity index (χ1v) is 5.86. The number of aromatic carboxylic acids is 1. The number of nitrogens with one attached hydrogen (secondary N) is 1. The molecule has 0 fully saturated rings. The van der Waals surface area contributed by atoms with Gasteiger partial charge in [-0.15, -0.1) is 5.10 Å². The highest BCUT2D eigenvalue weighted by Crippen LogP contribution is 2.03. The van der Waals surface area contributed by atoms with Crippen LogP contribution in [0.4, 0.5) is 0 Å². The summed E-state index contributed by atoms with van der Waals surface area (Å²) in [5, 5.41) is 18.4. The van der Waals surface area contributed by atoms with Crippen molar-refractivity contribution in [3.05, 3.63) is 41.5 Å². The minimum Gasteiger partial charge on any atom is -0.476 e. The van der Waals surface area contributed by atoms with Crippen molar-refractivity contribution in [2.45, 2.75) is 20.0 Å². The monoisotopic (exact) mass is 275 g/mol. The molecule has 0 spiro atoms. The van der Waals surface area contributed by atoms with Gasteiger partial charge < -0.3 is 10.4 Å². The van der Waals surface area contributed by atoms with Crippen molar-refractivity contribution in [2.75, 3.05) is 0 Å². The van der Waals surface area contributed by atoms with Crippen LogP contribution in [0.3, 0.4) is 0 Å². The molecule has 2 aromatic rings. The highest BCUT2D eigenvalue weighted by molar-refractivity contribution is 5.84. The molecule has 8 nitrogen and oxygen atoms in total. The van der Waals surface area contributed by atoms with Gasteiger partial charge in [0.15, 0.2) is 5.69 Å². The summed E-state index contributed by atoms with van der Waals surface area (Å²) in [7, 11) is 0. The van der Waals surface area contributed by atoms with Gasteiger partial charge in [-0.3, -0.25) is 9.78 Å². The van der Waals surface area contributed by atoms with Crippen LogP contribution < -0.4 is 5.32 Å². The summed E-state index contributed by atoms with van der Waals surface area (Å²) in [6.07, 6.45) is 4.58. The number of carboxylic acid groups (broad SMARTS) is 1. The van der Waals surface area contributed by atoms with Gasteiger partial charge in [0, 0.05) is 18.9 Å². The molecule has 8 heteroatoms. The van der Waals surface area contributed by atoms with E-state index < -0.39 is 5.97 Å². The van der Waals surface area contributed by atoms with Gasteiger partial charge in [0.2, 0.25) is 5.91 Å². The van der Waals surface area contributed by atoms with E-state index in [2.05, 4.69) is 20.6 Å². The molecule has 0 aliphatic carbocycles. The Hall–Kier alpha value is -2.77. The second kappa shape index (κ2) is 5.91. The van der Waals surface area contributed by atoms with E-state index in [9.17, 15) is 9.59 Å². The lowest BCUT2D eigenvalue weighted by molar-refractivity contribution is -0.122. The number of carbonyl (C=O) groups excluding carboxylic acids is 1. The van der Waals surface area contributed by atoms with E-state index in [0.717, 1.165) is 11.1 Å². The van der Waals surface area contributed by atoms with Crippen LogP contribution >= 0.6 is 0 Å². The molecule has 2 N–H and O–H groups in total. The highest BCUT2D eigenvalue weighted by Gasteiger charge is 2.10. The summed E-state index contributed by atoms with van der Waals surface area (Å²) in [5.74, 6) is -1.46. The molecule has 0 aromatic carbocycles. The van der Waals surface area contributed by atoms with Crippen LogP contribution in [-0.4, -0.2) is 37.0 Å². The fourth-order valence-corrected chi connectivity index (χ4v) is 1.55. The van der Waals surface area contributed by atoms with Gasteiger partial charge in [0.25, 0.3) is 0 Å². The number of hydrogen-bond donors (Lipinski definition) is 2. The maximum atomic E-state index is 11.7. The Balaban J connectivity index is 1.89. The summed E-state index contributed by atoms with van der Waals surface area (Å²) in [5.41, 5.74) is 1.76. The zero-order valence-electron chi connectivity index (χ0n) is 10.8. The predicted molar refractivity (Wildman–Crippen MR) is 67.8 cm³/mol. The molecule has 2 heterocycles. The molecule has 0 aliphatic heterocycles. The van der Waals surface area contributed by atoms with E-state index in [-0.39, 0.29) is 18.1 Å². The number of amides is 1. The summed E-state index contributed by atoms with van der Waals surface area (Å²) in [6, 6.07) is 1.86. The number of hydrogen-bond acceptors (Lipinski definition) is 5. The first-order chi connectivity index (χ1) is 9.56. The Bertz CT molecular complexity index is 638. The summed E-state index contributed by atoms with van der Waals surface area (Å²) >= 11 is 0. The normalized spacial score (nSPS) is 10.2. The number of rotatable bonds is 5. The van der Waals surface area contributed by atoms with Gasteiger partial charge in [0.05, 0.1) is 6.20 Å². The molecule has 0 aliphatic rings. The van der Waals surface area contributed by atoms with Gasteiger partial charge >= 0.3 is 5.97 Å². The summed E-state index contributed by atoms with van der Waals surface area (Å²) in [6.45, 7) is 2.21. The van der Waals surface area contributed by atoms with Gasteiger partial charge in [0.1, 0.15) is 6.54 Å². The number of nitrogens with zero attached hydrogens (tertiary/aromatic N) is 4. The van der Waals surface area contributed by atoms with Crippen LogP contribution in [0.5, 0.6) is 0 Å². The maximum absolute atomic E-state index is 11.7. The molecule has 2 rings (SSSR count). The Morgan fingerprint density at radius 1 is 1.45 bits per heavy atom. The van der Waals surface area contributed by atoms with E-state index in [1.54, 1.807) is 12.4 Å². The van der Waals surface area contributed by atoms with E-state index in [0.29, 0.717) is 6.54 Å². The van der Waals surface area contributed by atoms with E-state index >= 15 is 0 Å². The van der Waals surface area contributed by atoms with Crippen LogP contribution in [0, 0.1) is 6.92 Å². The van der Waals surface area contributed by atoms with Crippen LogP contribution in [0.2, 0.25) is 0 Å². The van der Waals surface area contributed by atoms with Gasteiger partial charge in [-0.2, -0.15) is 0 Å². The van der Waals surface area contributed by atoms with Crippen molar-refractivity contribution in [3.8, 4) is 0 Å². The lowest BCUT2D eigenvalue weighted by Gasteiger charge is -2.07. The molecule has 0 atom stereocenters. The fourth-order valence-electron chi connectivity index (χ4n) is 1.55. The van der Waals surface area contributed by atoms with Gasteiger partial charge in [-0.05, 0) is 24.1 Å². The SMILES string of the molecule is Cc1ccncc1CNC(=O)Cn1cc(C(=O)O)nn1. The molecular weight excluding hydrogens is 262 g/mol. The maximum Gasteiger partial charge on any atom is 0.358 e. The predicted octanol–water partition coefficient (Wildman–Crippen LogP) is -0.00388. The lowest BCUT2D eigenvalue weighted by Crippen LogP contribution is -2.27. The Morgan fingerprint density at radius 2 is 2.25 bits per heavy atom. The van der Waals surface area contributed by atoms with Crippen molar-refractivity contribution in [1.82, 2.24) is 25.3 Å². The molecule has 20 heavy (non-hydrogen) atoms. The van der Waals surface area contributed by atoms with Gasteiger partial charge in [-0.25, -0.2) is 9.48 Å². The third kappa shape index (κ3) is 3.37. The molecule has 0 saturated heterocycles. The molecular formula is C12H13N5O3. The topological polar surface area (TPSA) is 110 Å². The molecule has 0 bridgehead atoms. The first kappa shape index (κ1) is 13.7. The molecule has 104 valence electrons. The van der Waals surface area contributed by atoms with Crippen LogP contribution in [0.15, 0.2) is 24.7 Å². The van der Waals surface area contributed by atoms with E-state index in [4.69, 9.17) is 5.11 Å². The van der Waals surface area contributed by atoms with Crippen molar-refractivity contribution in [2.24, 2.45) is 0 Å². The zero-order valence-corrected chi connectivity index (χ0v) is 10.8. The largest absolute Gasteiger partial charge is 0.476 e. The van der Waals surface area contributed by atoms with Crippen molar-refractivity contribution < 1.29 is 14.7 Å². The second-order valence-corrected chi connectivity index (χ2v) is 4.19. The van der Waals surface area contributed by atoms with Crippen molar-refractivity contribution in [3.63, 3.8) is 0 Å². The minimum absolute atomic E-state index is 0.0837. The Labute approximate surface area is 114 Å². The zero-order chi connectivity index (χ0) is 14.5. The quantitative estimate of drug-likeness (QED) is 0.794. The molecule has 0 saturated carbocycles. The molecule has 1 amide bonds. The Kier molecular flexibility index (Phi) is 4.04. The fraction of sp³-hybridized carbons (Fsp3) is 0.250. The van der Waals surface area contributed by atoms with Crippen molar-refractivity contribution >= 4 is 11.9 Å². The van der Waals surface area contributed by atoms with Crippen LogP contribution in [0.1, 0.15) is 21.6 Å². The third-order valence-corrected chi connectivity index (χ3v) is 2.69. The molecule has 0 unspecified atom stereocenters. The smallest absolute Gasteiger partial charge is 0.358 e. The minimum atomic E-state index is -1.18. The van der Waals surface area contributed by atoms with Crippen LogP contribution in [0.25, 0.3) is 0 Å². The molecule has 2 aromatic heterocycles. The number of pyridine rings is 1. The number of carboxylic acids is 1.